The fourth-order valence-corrected chi connectivity index (χ4v) is 2.73. The van der Waals surface area contributed by atoms with Crippen LogP contribution < -0.4 is 10.6 Å². The molecule has 0 aliphatic heterocycles. The number of ether oxygens (including phenoxy) is 2. The Balaban J connectivity index is 2.37. The summed E-state index contributed by atoms with van der Waals surface area (Å²) in [5.74, 6) is -2.44. The Morgan fingerprint density at radius 2 is 1.94 bits per heavy atom. The van der Waals surface area contributed by atoms with Crippen LogP contribution in [0.15, 0.2) is 59.6 Å². The molecule has 0 atom stereocenters. The molecule has 10 heteroatoms. The van der Waals surface area contributed by atoms with Gasteiger partial charge in [0.05, 0.1) is 5.56 Å². The lowest BCUT2D eigenvalue weighted by Crippen LogP contribution is -2.53. The van der Waals surface area contributed by atoms with Gasteiger partial charge in [-0.1, -0.05) is 36.3 Å². The summed E-state index contributed by atoms with van der Waals surface area (Å²) in [5.41, 5.74) is 9.82. The van der Waals surface area contributed by atoms with Crippen LogP contribution in [0.5, 0.6) is 0 Å². The number of rotatable bonds is 10. The number of carbonyl (C=O) groups excluding carboxylic acids is 2. The van der Waals surface area contributed by atoms with Crippen molar-refractivity contribution in [3.8, 4) is 0 Å². The number of nitrogens with one attached hydrogen (secondary N) is 2. The maximum atomic E-state index is 13.1. The van der Waals surface area contributed by atoms with Crippen LogP contribution in [0.4, 0.5) is 5.69 Å². The first-order valence-corrected chi connectivity index (χ1v) is 9.48. The molecule has 0 radical (unpaired) electrons. The van der Waals surface area contributed by atoms with Gasteiger partial charge in [-0.05, 0) is 35.7 Å². The normalized spacial score (nSPS) is 11.4. The first-order valence-electron chi connectivity index (χ1n) is 9.48. The summed E-state index contributed by atoms with van der Waals surface area (Å²) in [5, 5.41) is 8.81. The Morgan fingerprint density at radius 3 is 2.48 bits per heavy atom. The van der Waals surface area contributed by atoms with Gasteiger partial charge in [0, 0.05) is 43.6 Å². The number of azide groups is 1. The number of nitrogens with zero attached hydrogens (tertiary/aromatic N) is 4. The molecule has 2 rings (SSSR count). The van der Waals surface area contributed by atoms with Gasteiger partial charge in [0.1, 0.15) is 5.70 Å². The predicted octanol–water partition coefficient (Wildman–Crippen LogP) is 3.66. The van der Waals surface area contributed by atoms with Gasteiger partial charge in [0.15, 0.2) is 0 Å². The van der Waals surface area contributed by atoms with Gasteiger partial charge in [0.25, 0.3) is 17.7 Å². The number of amides is 2. The Kier molecular flexibility index (Phi) is 8.71. The van der Waals surface area contributed by atoms with E-state index in [4.69, 9.17) is 15.0 Å². The highest BCUT2D eigenvalue weighted by Gasteiger charge is 2.32. The number of hydrogen-bond acceptors (Lipinski definition) is 6. The van der Waals surface area contributed by atoms with Crippen molar-refractivity contribution < 1.29 is 19.1 Å². The van der Waals surface area contributed by atoms with E-state index in [0.29, 0.717) is 29.7 Å². The van der Waals surface area contributed by atoms with Crippen molar-refractivity contribution in [1.82, 2.24) is 15.6 Å². The Hall–Kier alpha value is -3.72. The number of hydrogen-bond donors (Lipinski definition) is 2. The van der Waals surface area contributed by atoms with Crippen LogP contribution in [0.1, 0.15) is 35.7 Å². The van der Waals surface area contributed by atoms with E-state index in [-0.39, 0.29) is 5.70 Å². The molecule has 0 unspecified atom stereocenters. The zero-order chi connectivity index (χ0) is 22.7. The SMILES string of the molecule is CCCC(NC(=O)/C(=C/c1ccc(N=[N+]=[N-])cc1)NC(=O)c1cccnc1)(OC)OC. The van der Waals surface area contributed by atoms with Crippen LogP contribution in [0, 0.1) is 0 Å². The highest BCUT2D eigenvalue weighted by Crippen LogP contribution is 2.18. The zero-order valence-electron chi connectivity index (χ0n) is 17.5. The molecule has 2 amide bonds. The van der Waals surface area contributed by atoms with Gasteiger partial charge in [-0.25, -0.2) is 0 Å². The van der Waals surface area contributed by atoms with Crippen LogP contribution in [0.3, 0.4) is 0 Å². The molecular formula is C21H24N6O4. The van der Waals surface area contributed by atoms with Gasteiger partial charge in [0.2, 0.25) is 0 Å². The van der Waals surface area contributed by atoms with Gasteiger partial charge in [-0.2, -0.15) is 0 Å². The lowest BCUT2D eigenvalue weighted by Gasteiger charge is -2.31. The third kappa shape index (κ3) is 6.65. The highest BCUT2D eigenvalue weighted by atomic mass is 16.7. The van der Waals surface area contributed by atoms with Crippen LogP contribution in [-0.4, -0.2) is 36.9 Å². The molecule has 0 spiro atoms. The van der Waals surface area contributed by atoms with Crippen molar-refractivity contribution in [2.24, 2.45) is 5.11 Å². The standard InChI is InChI=1S/C21H24N6O4/c1-4-11-21(30-2,31-3)25-20(29)18(24-19(28)16-6-5-12-23-14-16)13-15-7-9-17(10-8-15)26-27-22/h5-10,12-14H,4,11H2,1-3H3,(H,24,28)(H,25,29)/b18-13-. The molecular weight excluding hydrogens is 400 g/mol. The summed E-state index contributed by atoms with van der Waals surface area (Å²) in [7, 11) is 2.84. The Bertz CT molecular complexity index is 965. The van der Waals surface area contributed by atoms with Gasteiger partial charge < -0.3 is 14.8 Å². The molecule has 31 heavy (non-hydrogen) atoms. The number of pyridine rings is 1. The summed E-state index contributed by atoms with van der Waals surface area (Å²) >= 11 is 0. The van der Waals surface area contributed by atoms with E-state index in [2.05, 4.69) is 25.6 Å². The Morgan fingerprint density at radius 1 is 1.23 bits per heavy atom. The van der Waals surface area contributed by atoms with E-state index >= 15 is 0 Å². The number of methoxy groups -OCH3 is 2. The van der Waals surface area contributed by atoms with E-state index in [1.165, 1.54) is 26.5 Å². The minimum Gasteiger partial charge on any atom is -0.336 e. The second-order valence-corrected chi connectivity index (χ2v) is 6.40. The third-order valence-corrected chi connectivity index (χ3v) is 4.32. The summed E-state index contributed by atoms with van der Waals surface area (Å²) in [6, 6.07) is 9.69. The van der Waals surface area contributed by atoms with Gasteiger partial charge >= 0.3 is 0 Å². The fraction of sp³-hybridized carbons (Fsp3) is 0.286. The van der Waals surface area contributed by atoms with Crippen LogP contribution in [0.2, 0.25) is 0 Å². The summed E-state index contributed by atoms with van der Waals surface area (Å²) in [4.78, 5) is 32.3. The van der Waals surface area contributed by atoms with Crippen molar-refractivity contribution in [2.75, 3.05) is 14.2 Å². The quantitative estimate of drug-likeness (QED) is 0.197. The van der Waals surface area contributed by atoms with Crippen molar-refractivity contribution in [3.63, 3.8) is 0 Å². The average molecular weight is 424 g/mol. The smallest absolute Gasteiger partial charge is 0.271 e. The maximum absolute atomic E-state index is 13.1. The average Bonchev–Trinajstić information content (AvgIpc) is 2.80. The maximum Gasteiger partial charge on any atom is 0.271 e. The topological polar surface area (TPSA) is 138 Å². The van der Waals surface area contributed by atoms with Crippen LogP contribution in [0.25, 0.3) is 16.5 Å². The third-order valence-electron chi connectivity index (χ3n) is 4.32. The van der Waals surface area contributed by atoms with Gasteiger partial charge in [-0.15, -0.1) is 0 Å². The van der Waals surface area contributed by atoms with Crippen molar-refractivity contribution in [1.29, 1.82) is 0 Å². The number of aromatic nitrogens is 1. The van der Waals surface area contributed by atoms with Crippen molar-refractivity contribution in [3.05, 3.63) is 76.1 Å². The molecule has 2 aromatic rings. The first-order chi connectivity index (χ1) is 15.0. The monoisotopic (exact) mass is 424 g/mol. The molecule has 10 nitrogen and oxygen atoms in total. The molecule has 1 aromatic carbocycles. The second kappa shape index (κ2) is 11.5. The van der Waals surface area contributed by atoms with E-state index in [1.54, 1.807) is 42.6 Å². The molecule has 0 bridgehead atoms. The number of carbonyl (C=O) groups is 2. The van der Waals surface area contributed by atoms with Crippen molar-refractivity contribution in [2.45, 2.75) is 25.7 Å². The predicted molar refractivity (Wildman–Crippen MR) is 115 cm³/mol. The lowest BCUT2D eigenvalue weighted by molar-refractivity contribution is -0.229. The molecule has 0 fully saturated rings. The molecule has 0 aliphatic carbocycles. The van der Waals surface area contributed by atoms with E-state index in [9.17, 15) is 9.59 Å². The van der Waals surface area contributed by atoms with Crippen molar-refractivity contribution >= 4 is 23.6 Å². The van der Waals surface area contributed by atoms with Gasteiger partial charge in [-0.3, -0.25) is 19.9 Å². The summed E-state index contributed by atoms with van der Waals surface area (Å²) < 4.78 is 10.8. The highest BCUT2D eigenvalue weighted by molar-refractivity contribution is 6.05. The fourth-order valence-electron chi connectivity index (χ4n) is 2.73. The molecule has 2 N–H and O–H groups in total. The summed E-state index contributed by atoms with van der Waals surface area (Å²) in [6.45, 7) is 1.92. The van der Waals surface area contributed by atoms with Crippen LogP contribution in [-0.2, 0) is 14.3 Å². The molecule has 0 saturated heterocycles. The van der Waals surface area contributed by atoms with E-state index in [0.717, 1.165) is 0 Å². The zero-order valence-corrected chi connectivity index (χ0v) is 17.5. The molecule has 0 aliphatic rings. The summed E-state index contributed by atoms with van der Waals surface area (Å²) in [6.07, 6.45) is 5.51. The first kappa shape index (κ1) is 23.6. The largest absolute Gasteiger partial charge is 0.336 e. The van der Waals surface area contributed by atoms with E-state index < -0.39 is 17.7 Å². The molecule has 1 aromatic heterocycles. The minimum absolute atomic E-state index is 0.0278. The lowest BCUT2D eigenvalue weighted by atomic mass is 10.1. The molecule has 1 heterocycles. The van der Waals surface area contributed by atoms with Crippen LogP contribution >= 0.6 is 0 Å². The second-order valence-electron chi connectivity index (χ2n) is 6.40. The van der Waals surface area contributed by atoms with E-state index in [1.807, 2.05) is 6.92 Å². The molecule has 0 saturated carbocycles. The minimum atomic E-state index is -1.34. The molecule has 162 valence electrons. The Labute approximate surface area is 179 Å². The number of benzene rings is 1.